The Morgan fingerprint density at radius 2 is 0.640 bits per heavy atom. The van der Waals surface area contributed by atoms with Gasteiger partial charge in [0.2, 0.25) is 11.9 Å². The van der Waals surface area contributed by atoms with E-state index in [9.17, 15) is 0 Å². The third kappa shape index (κ3) is 4.50. The number of nitrogens with zero attached hydrogens (tertiary/aromatic N) is 6. The van der Waals surface area contributed by atoms with Crippen molar-refractivity contribution in [3.05, 3.63) is 170 Å². The fourth-order valence-electron chi connectivity index (χ4n) is 7.13. The average molecular weight is 641 g/mol. The van der Waals surface area contributed by atoms with Crippen LogP contribution in [0, 0.1) is 0 Å². The summed E-state index contributed by atoms with van der Waals surface area (Å²) in [7, 11) is 0. The van der Waals surface area contributed by atoms with Gasteiger partial charge in [-0.1, -0.05) is 133 Å². The van der Waals surface area contributed by atoms with Crippen LogP contribution in [0.4, 0.5) is 0 Å². The summed E-state index contributed by atoms with van der Waals surface area (Å²) in [5, 5.41) is 4.57. The number of benzene rings is 6. The molecule has 0 amide bonds. The summed E-state index contributed by atoms with van der Waals surface area (Å²) < 4.78 is 4.31. The highest BCUT2D eigenvalue weighted by molar-refractivity contribution is 6.10. The van der Waals surface area contributed by atoms with E-state index in [0.29, 0.717) is 17.7 Å². The van der Waals surface area contributed by atoms with E-state index in [-0.39, 0.29) is 0 Å². The van der Waals surface area contributed by atoms with Gasteiger partial charge in [0.1, 0.15) is 0 Å². The molecule has 0 unspecified atom stereocenters. The lowest BCUT2D eigenvalue weighted by Crippen LogP contribution is -2.10. The zero-order valence-electron chi connectivity index (χ0n) is 26.8. The van der Waals surface area contributed by atoms with Crippen molar-refractivity contribution in [3.63, 3.8) is 0 Å². The Morgan fingerprint density at radius 1 is 0.300 bits per heavy atom. The Morgan fingerprint density at radius 3 is 1.02 bits per heavy atom. The largest absolute Gasteiger partial charge is 0.278 e. The summed E-state index contributed by atoms with van der Waals surface area (Å²) in [4.78, 5) is 21.0. The molecule has 6 aromatic carbocycles. The average Bonchev–Trinajstić information content (AvgIpc) is 3.71. The minimum absolute atomic E-state index is 0.545. The first kappa shape index (κ1) is 28.1. The molecule has 0 saturated heterocycles. The van der Waals surface area contributed by atoms with Crippen LogP contribution in [0.2, 0.25) is 0 Å². The van der Waals surface area contributed by atoms with E-state index in [1.54, 1.807) is 0 Å². The van der Waals surface area contributed by atoms with Crippen LogP contribution in [0.15, 0.2) is 170 Å². The molecule has 0 bridgehead atoms. The molecule has 0 atom stereocenters. The molecule has 0 radical (unpaired) electrons. The second-order valence-electron chi connectivity index (χ2n) is 12.4. The van der Waals surface area contributed by atoms with E-state index in [0.717, 1.165) is 71.7 Å². The Balaban J connectivity index is 1.31. The number of aromatic nitrogens is 6. The summed E-state index contributed by atoms with van der Waals surface area (Å²) >= 11 is 0. The molecule has 0 saturated carbocycles. The van der Waals surface area contributed by atoms with Crippen LogP contribution in [0.1, 0.15) is 0 Å². The lowest BCUT2D eigenvalue weighted by molar-refractivity contribution is 0.892. The van der Waals surface area contributed by atoms with Crippen LogP contribution in [-0.2, 0) is 0 Å². The maximum atomic E-state index is 5.29. The van der Waals surface area contributed by atoms with Crippen LogP contribution >= 0.6 is 0 Å². The van der Waals surface area contributed by atoms with Gasteiger partial charge in [0, 0.05) is 38.2 Å². The molecule has 10 aromatic rings. The maximum absolute atomic E-state index is 5.29. The predicted molar refractivity (Wildman–Crippen MR) is 203 cm³/mol. The molecule has 0 spiro atoms. The van der Waals surface area contributed by atoms with Crippen LogP contribution in [0.25, 0.3) is 89.4 Å². The highest BCUT2D eigenvalue weighted by atomic mass is 15.3. The van der Waals surface area contributed by atoms with Gasteiger partial charge in [0.05, 0.1) is 33.5 Å². The molecule has 0 aliphatic heterocycles. The zero-order valence-corrected chi connectivity index (χ0v) is 26.8. The minimum Gasteiger partial charge on any atom is -0.278 e. The Kier molecular flexibility index (Phi) is 6.39. The van der Waals surface area contributed by atoms with Crippen molar-refractivity contribution in [1.29, 1.82) is 0 Å². The van der Waals surface area contributed by atoms with Gasteiger partial charge in [0.15, 0.2) is 5.82 Å². The van der Waals surface area contributed by atoms with Crippen LogP contribution in [0.5, 0.6) is 0 Å². The molecule has 4 aromatic heterocycles. The van der Waals surface area contributed by atoms with E-state index >= 15 is 0 Å². The van der Waals surface area contributed by atoms with Gasteiger partial charge in [-0.3, -0.25) is 9.13 Å². The Hall–Kier alpha value is -6.92. The first-order chi connectivity index (χ1) is 24.8. The second kappa shape index (κ2) is 11.4. The summed E-state index contributed by atoms with van der Waals surface area (Å²) in [6.07, 6.45) is 0. The normalized spacial score (nSPS) is 11.6. The molecule has 4 heterocycles. The van der Waals surface area contributed by atoms with E-state index in [4.69, 9.17) is 19.9 Å². The van der Waals surface area contributed by atoms with Gasteiger partial charge >= 0.3 is 0 Å². The second-order valence-corrected chi connectivity index (χ2v) is 12.4. The highest BCUT2D eigenvalue weighted by Gasteiger charge is 2.21. The molecular formula is C44H28N6. The molecule has 6 heteroatoms. The van der Waals surface area contributed by atoms with E-state index in [1.165, 1.54) is 0 Å². The van der Waals surface area contributed by atoms with Crippen LogP contribution in [0.3, 0.4) is 0 Å². The van der Waals surface area contributed by atoms with E-state index in [2.05, 4.69) is 143 Å². The number of hydrogen-bond acceptors (Lipinski definition) is 4. The molecule has 0 N–H and O–H groups in total. The summed E-state index contributed by atoms with van der Waals surface area (Å²) in [5.74, 6) is 1.65. The predicted octanol–water partition coefficient (Wildman–Crippen LogP) is 10.5. The molecule has 6 nitrogen and oxygen atoms in total. The van der Waals surface area contributed by atoms with Crippen molar-refractivity contribution in [1.82, 2.24) is 29.1 Å². The van der Waals surface area contributed by atoms with E-state index in [1.807, 2.05) is 36.4 Å². The van der Waals surface area contributed by atoms with Gasteiger partial charge in [0.25, 0.3) is 0 Å². The Bertz CT molecular complexity index is 2570. The van der Waals surface area contributed by atoms with Gasteiger partial charge in [-0.2, -0.15) is 15.0 Å². The molecule has 10 rings (SSSR count). The van der Waals surface area contributed by atoms with Gasteiger partial charge < -0.3 is 0 Å². The maximum Gasteiger partial charge on any atom is 0.240 e. The molecule has 0 aliphatic rings. The fourth-order valence-corrected chi connectivity index (χ4v) is 7.13. The molecule has 0 fully saturated rings. The van der Waals surface area contributed by atoms with Crippen LogP contribution < -0.4 is 0 Å². The third-order valence-corrected chi connectivity index (χ3v) is 9.39. The quantitative estimate of drug-likeness (QED) is 0.188. The third-order valence-electron chi connectivity index (χ3n) is 9.39. The fraction of sp³-hybridized carbons (Fsp3) is 0. The number of fused-ring (bicyclic) bond motifs is 6. The smallest absolute Gasteiger partial charge is 0.240 e. The van der Waals surface area contributed by atoms with Gasteiger partial charge in [-0.25, -0.2) is 4.98 Å². The van der Waals surface area contributed by atoms with Crippen molar-refractivity contribution < 1.29 is 0 Å². The molecular weight excluding hydrogens is 613 g/mol. The SMILES string of the molecule is c1ccc(-c2cc(-c3nc(-n4c5ccccc5c5ccccc54)nc(-n4c5ccccc5c5ccccc54)n3)cc(-c3ccccc3)n2)cc1. The summed E-state index contributed by atoms with van der Waals surface area (Å²) in [5.41, 5.74) is 8.71. The minimum atomic E-state index is 0.545. The van der Waals surface area contributed by atoms with Crippen molar-refractivity contribution in [2.45, 2.75) is 0 Å². The molecule has 234 valence electrons. The monoisotopic (exact) mass is 640 g/mol. The molecule has 0 aliphatic carbocycles. The number of pyridine rings is 1. The summed E-state index contributed by atoms with van der Waals surface area (Å²) in [6.45, 7) is 0. The van der Waals surface area contributed by atoms with E-state index < -0.39 is 0 Å². The standard InChI is InChI=1S/C44H28N6/c1-3-15-29(16-4-1)36-27-31(28-37(45-36)30-17-5-2-6-18-30)42-46-43(49-38-23-11-7-19-32(38)33-20-8-12-24-39(33)49)48-44(47-42)50-40-25-13-9-21-34(40)35-22-10-14-26-41(35)50/h1-28H. The highest BCUT2D eigenvalue weighted by Crippen LogP contribution is 2.35. The van der Waals surface area contributed by atoms with Crippen LogP contribution in [-0.4, -0.2) is 29.1 Å². The lowest BCUT2D eigenvalue weighted by atomic mass is 10.0. The first-order valence-corrected chi connectivity index (χ1v) is 16.7. The Labute approximate surface area is 287 Å². The number of hydrogen-bond donors (Lipinski definition) is 0. The topological polar surface area (TPSA) is 61.4 Å². The van der Waals surface area contributed by atoms with Crippen molar-refractivity contribution in [2.24, 2.45) is 0 Å². The summed E-state index contributed by atoms with van der Waals surface area (Å²) in [6, 6.07) is 58.4. The molecule has 50 heavy (non-hydrogen) atoms. The van der Waals surface area contributed by atoms with Crippen molar-refractivity contribution in [2.75, 3.05) is 0 Å². The van der Waals surface area contributed by atoms with Gasteiger partial charge in [-0.15, -0.1) is 0 Å². The zero-order chi connectivity index (χ0) is 33.0. The van der Waals surface area contributed by atoms with Gasteiger partial charge in [-0.05, 0) is 36.4 Å². The number of rotatable bonds is 5. The lowest BCUT2D eigenvalue weighted by Gasteiger charge is -2.14. The first-order valence-electron chi connectivity index (χ1n) is 16.7. The number of para-hydroxylation sites is 4. The van der Waals surface area contributed by atoms with Crippen molar-refractivity contribution >= 4 is 43.6 Å². The van der Waals surface area contributed by atoms with Crippen molar-refractivity contribution in [3.8, 4) is 45.8 Å².